The van der Waals surface area contributed by atoms with Crippen molar-refractivity contribution in [2.75, 3.05) is 6.61 Å². The number of hydrogen-bond acceptors (Lipinski definition) is 4. The van der Waals surface area contributed by atoms with Crippen molar-refractivity contribution in [1.82, 2.24) is 9.55 Å². The number of H-pyrrole nitrogens is 1. The van der Waals surface area contributed by atoms with Crippen LogP contribution in [0.1, 0.15) is 33.4 Å². The molecule has 0 aliphatic heterocycles. The highest BCUT2D eigenvalue weighted by atomic mass is 16.5. The van der Waals surface area contributed by atoms with Gasteiger partial charge in [0.25, 0.3) is 5.56 Å². The Bertz CT molecular complexity index is 512. The molecular weight excluding hydrogens is 248 g/mol. The van der Waals surface area contributed by atoms with E-state index in [1.165, 1.54) is 16.8 Å². The molecule has 0 fully saturated rings. The van der Waals surface area contributed by atoms with Crippen LogP contribution in [0.2, 0.25) is 0 Å². The summed E-state index contributed by atoms with van der Waals surface area (Å²) >= 11 is 0. The summed E-state index contributed by atoms with van der Waals surface area (Å²) < 4.78 is 6.58. The van der Waals surface area contributed by atoms with Gasteiger partial charge in [-0.3, -0.25) is 14.3 Å². The molecule has 19 heavy (non-hydrogen) atoms. The SMILES string of the molecule is C#CCC(OC(C)CO)n1ccc(=O)[nH]c1=O.CC. The van der Waals surface area contributed by atoms with Crippen molar-refractivity contribution >= 4 is 0 Å². The number of aliphatic hydroxyl groups is 1. The molecule has 0 aromatic carbocycles. The molecule has 106 valence electrons. The lowest BCUT2D eigenvalue weighted by atomic mass is 10.3. The molecule has 6 heteroatoms. The first kappa shape index (κ1) is 17.2. The molecule has 1 aromatic heterocycles. The Morgan fingerprint density at radius 1 is 1.53 bits per heavy atom. The normalized spacial score (nSPS) is 12.8. The van der Waals surface area contributed by atoms with Gasteiger partial charge in [-0.15, -0.1) is 12.3 Å². The van der Waals surface area contributed by atoms with Crippen LogP contribution in [0.25, 0.3) is 0 Å². The number of aliphatic hydroxyl groups excluding tert-OH is 1. The second-order valence-electron chi connectivity index (χ2n) is 3.51. The molecule has 2 N–H and O–H groups in total. The molecule has 6 nitrogen and oxygen atoms in total. The molecule has 0 amide bonds. The lowest BCUT2D eigenvalue weighted by Crippen LogP contribution is -2.34. The van der Waals surface area contributed by atoms with Crippen LogP contribution < -0.4 is 11.2 Å². The zero-order chi connectivity index (χ0) is 14.8. The lowest BCUT2D eigenvalue weighted by Gasteiger charge is -2.21. The lowest BCUT2D eigenvalue weighted by molar-refractivity contribution is -0.0652. The molecule has 1 aromatic rings. The van der Waals surface area contributed by atoms with E-state index in [-0.39, 0.29) is 13.0 Å². The van der Waals surface area contributed by atoms with E-state index in [1.54, 1.807) is 6.92 Å². The van der Waals surface area contributed by atoms with Crippen LogP contribution in [0.15, 0.2) is 21.9 Å². The van der Waals surface area contributed by atoms with Gasteiger partial charge < -0.3 is 9.84 Å². The van der Waals surface area contributed by atoms with Gasteiger partial charge in [-0.05, 0) is 6.92 Å². The molecule has 1 rings (SSSR count). The predicted molar refractivity (Wildman–Crippen MR) is 72.8 cm³/mol. The number of terminal acetylenes is 1. The molecular formula is C13H20N2O4. The van der Waals surface area contributed by atoms with Crippen molar-refractivity contribution in [3.05, 3.63) is 33.1 Å². The first-order chi connectivity index (χ1) is 9.08. The van der Waals surface area contributed by atoms with Gasteiger partial charge in [-0.2, -0.15) is 0 Å². The summed E-state index contributed by atoms with van der Waals surface area (Å²) in [4.78, 5) is 24.5. The predicted octanol–water partition coefficient (Wildman–Crippen LogP) is 0.482. The fourth-order valence-corrected chi connectivity index (χ4v) is 1.28. The zero-order valence-corrected chi connectivity index (χ0v) is 11.4. The Morgan fingerprint density at radius 2 is 2.16 bits per heavy atom. The van der Waals surface area contributed by atoms with Gasteiger partial charge in [0, 0.05) is 12.3 Å². The number of aromatic nitrogens is 2. The van der Waals surface area contributed by atoms with Gasteiger partial charge in [-0.25, -0.2) is 4.79 Å². The highest BCUT2D eigenvalue weighted by Crippen LogP contribution is 2.12. The largest absolute Gasteiger partial charge is 0.394 e. The molecule has 0 aliphatic carbocycles. The van der Waals surface area contributed by atoms with Crippen molar-refractivity contribution in [3.63, 3.8) is 0 Å². The maximum absolute atomic E-state index is 11.5. The zero-order valence-electron chi connectivity index (χ0n) is 11.4. The first-order valence-corrected chi connectivity index (χ1v) is 6.09. The van der Waals surface area contributed by atoms with Crippen LogP contribution >= 0.6 is 0 Å². The van der Waals surface area contributed by atoms with E-state index < -0.39 is 23.6 Å². The summed E-state index contributed by atoms with van der Waals surface area (Å²) in [5, 5.41) is 8.89. The topological polar surface area (TPSA) is 84.3 Å². The van der Waals surface area contributed by atoms with Crippen LogP contribution in [0.3, 0.4) is 0 Å². The third kappa shape index (κ3) is 5.55. The van der Waals surface area contributed by atoms with E-state index in [4.69, 9.17) is 16.3 Å². The maximum atomic E-state index is 11.5. The fourth-order valence-electron chi connectivity index (χ4n) is 1.28. The van der Waals surface area contributed by atoms with Crippen LogP contribution in [0.4, 0.5) is 0 Å². The Kier molecular flexibility index (Phi) is 8.25. The minimum absolute atomic E-state index is 0.163. The van der Waals surface area contributed by atoms with E-state index in [9.17, 15) is 9.59 Å². The third-order valence-corrected chi connectivity index (χ3v) is 2.10. The summed E-state index contributed by atoms with van der Waals surface area (Å²) in [6, 6.07) is 1.21. The summed E-state index contributed by atoms with van der Waals surface area (Å²) in [5.74, 6) is 2.38. The number of nitrogens with one attached hydrogen (secondary N) is 1. The summed E-state index contributed by atoms with van der Waals surface area (Å²) in [7, 11) is 0. The molecule has 0 bridgehead atoms. The molecule has 0 saturated heterocycles. The quantitative estimate of drug-likeness (QED) is 0.761. The molecule has 1 heterocycles. The smallest absolute Gasteiger partial charge is 0.330 e. The second-order valence-corrected chi connectivity index (χ2v) is 3.51. The van der Waals surface area contributed by atoms with E-state index in [0.717, 1.165) is 0 Å². The Hall–Kier alpha value is -1.84. The van der Waals surface area contributed by atoms with Crippen LogP contribution in [0.5, 0.6) is 0 Å². The second kappa shape index (κ2) is 9.14. The molecule has 2 unspecified atom stereocenters. The van der Waals surface area contributed by atoms with Crippen molar-refractivity contribution in [2.24, 2.45) is 0 Å². The summed E-state index contributed by atoms with van der Waals surface area (Å²) in [5.41, 5.74) is -1.08. The average Bonchev–Trinajstić information content (AvgIpc) is 2.40. The van der Waals surface area contributed by atoms with Gasteiger partial charge in [-0.1, -0.05) is 13.8 Å². The molecule has 0 radical (unpaired) electrons. The van der Waals surface area contributed by atoms with Gasteiger partial charge in [0.1, 0.15) is 6.23 Å². The van der Waals surface area contributed by atoms with E-state index in [2.05, 4.69) is 10.9 Å². The number of nitrogens with zero attached hydrogens (tertiary/aromatic N) is 1. The first-order valence-electron chi connectivity index (χ1n) is 6.09. The number of rotatable bonds is 5. The monoisotopic (exact) mass is 268 g/mol. The van der Waals surface area contributed by atoms with Crippen LogP contribution in [-0.2, 0) is 4.74 Å². The summed E-state index contributed by atoms with van der Waals surface area (Å²) in [6.45, 7) is 5.47. The Labute approximate surface area is 112 Å². The van der Waals surface area contributed by atoms with Crippen molar-refractivity contribution < 1.29 is 9.84 Å². The highest BCUT2D eigenvalue weighted by Gasteiger charge is 2.15. The number of aromatic amines is 1. The van der Waals surface area contributed by atoms with Gasteiger partial charge in [0.15, 0.2) is 0 Å². The van der Waals surface area contributed by atoms with E-state index >= 15 is 0 Å². The summed E-state index contributed by atoms with van der Waals surface area (Å²) in [6.07, 6.45) is 5.51. The van der Waals surface area contributed by atoms with Crippen molar-refractivity contribution in [3.8, 4) is 12.3 Å². The van der Waals surface area contributed by atoms with Crippen molar-refractivity contribution in [1.29, 1.82) is 0 Å². The van der Waals surface area contributed by atoms with Gasteiger partial charge >= 0.3 is 5.69 Å². The molecule has 0 saturated carbocycles. The van der Waals surface area contributed by atoms with Crippen molar-refractivity contribution in [2.45, 2.75) is 39.5 Å². The minimum Gasteiger partial charge on any atom is -0.394 e. The average molecular weight is 268 g/mol. The maximum Gasteiger partial charge on any atom is 0.330 e. The molecule has 0 spiro atoms. The molecule has 0 aliphatic rings. The van der Waals surface area contributed by atoms with Crippen LogP contribution in [0, 0.1) is 12.3 Å². The Balaban J connectivity index is 0.00000154. The highest BCUT2D eigenvalue weighted by molar-refractivity contribution is 4.90. The van der Waals surface area contributed by atoms with Crippen LogP contribution in [-0.4, -0.2) is 27.4 Å². The minimum atomic E-state index is -0.702. The fraction of sp³-hybridized carbons (Fsp3) is 0.538. The number of ether oxygens (including phenoxy) is 1. The molecule has 2 atom stereocenters. The Morgan fingerprint density at radius 3 is 2.63 bits per heavy atom. The standard InChI is InChI=1S/C11H14N2O4.C2H6/c1-3-4-10(17-8(2)7-14)13-6-5-9(15)12-11(13)16;1-2/h1,5-6,8,10,14H,4,7H2,2H3,(H,12,15,16);1-2H3. The third-order valence-electron chi connectivity index (χ3n) is 2.10. The number of hydrogen-bond donors (Lipinski definition) is 2. The van der Waals surface area contributed by atoms with E-state index in [0.29, 0.717) is 0 Å². The van der Waals surface area contributed by atoms with Gasteiger partial charge in [0.2, 0.25) is 0 Å². The van der Waals surface area contributed by atoms with Gasteiger partial charge in [0.05, 0.1) is 19.1 Å². The van der Waals surface area contributed by atoms with E-state index in [1.807, 2.05) is 13.8 Å².